The van der Waals surface area contributed by atoms with Crippen LogP contribution in [0.5, 0.6) is 0 Å². The van der Waals surface area contributed by atoms with Gasteiger partial charge in [-0.3, -0.25) is 9.90 Å². The third kappa shape index (κ3) is 5.16. The molecule has 0 unspecified atom stereocenters. The molecular weight excluding hydrogens is 246 g/mol. The summed E-state index contributed by atoms with van der Waals surface area (Å²) >= 11 is 0. The quantitative estimate of drug-likeness (QED) is 0.610. The van der Waals surface area contributed by atoms with Gasteiger partial charge >= 0.3 is 0 Å². The minimum absolute atomic E-state index is 0.861. The first kappa shape index (κ1) is 15.4. The molecule has 20 heavy (non-hydrogen) atoms. The number of anilines is 1. The average Bonchev–Trinajstić information content (AvgIpc) is 2.52. The summed E-state index contributed by atoms with van der Waals surface area (Å²) in [6.45, 7) is 4.16. The molecule has 1 aliphatic rings. The van der Waals surface area contributed by atoms with E-state index in [9.17, 15) is 0 Å². The molecule has 1 fully saturated rings. The third-order valence-corrected chi connectivity index (χ3v) is 4.05. The maximum absolute atomic E-state index is 5.67. The van der Waals surface area contributed by atoms with E-state index in [1.165, 1.54) is 69.0 Å². The van der Waals surface area contributed by atoms with Gasteiger partial charge in [0.05, 0.1) is 12.3 Å². The molecule has 1 aromatic rings. The van der Waals surface area contributed by atoms with Crippen molar-refractivity contribution in [3.63, 3.8) is 0 Å². The van der Waals surface area contributed by atoms with Crippen LogP contribution in [-0.4, -0.2) is 13.2 Å². The third-order valence-electron chi connectivity index (χ3n) is 4.05. The maximum Gasteiger partial charge on any atom is 0.0749 e. The van der Waals surface area contributed by atoms with Crippen molar-refractivity contribution in [1.29, 1.82) is 0 Å². The van der Waals surface area contributed by atoms with Crippen LogP contribution in [0.4, 0.5) is 5.69 Å². The lowest BCUT2D eigenvalue weighted by Gasteiger charge is -2.27. The minimum Gasteiger partial charge on any atom is -0.273 e. The highest BCUT2D eigenvalue weighted by Crippen LogP contribution is 2.20. The fraction of sp³-hybridized carbons (Fsp3) is 0.667. The van der Waals surface area contributed by atoms with Crippen LogP contribution in [0.2, 0.25) is 0 Å². The molecule has 2 heteroatoms. The summed E-state index contributed by atoms with van der Waals surface area (Å²) in [7, 11) is 0. The van der Waals surface area contributed by atoms with E-state index in [4.69, 9.17) is 4.84 Å². The van der Waals surface area contributed by atoms with E-state index in [2.05, 4.69) is 31.2 Å². The Morgan fingerprint density at radius 2 is 1.70 bits per heavy atom. The molecule has 2 rings (SSSR count). The second-order valence-electron chi connectivity index (χ2n) is 5.83. The van der Waals surface area contributed by atoms with Crippen molar-refractivity contribution in [2.75, 3.05) is 18.2 Å². The first-order valence-corrected chi connectivity index (χ1v) is 8.39. The second-order valence-corrected chi connectivity index (χ2v) is 5.83. The van der Waals surface area contributed by atoms with Crippen molar-refractivity contribution in [2.45, 2.75) is 64.7 Å². The lowest BCUT2D eigenvalue weighted by molar-refractivity contribution is 0.0778. The summed E-state index contributed by atoms with van der Waals surface area (Å²) in [6.07, 6.45) is 11.9. The summed E-state index contributed by atoms with van der Waals surface area (Å²) in [4.78, 5) is 5.67. The molecule has 1 aromatic carbocycles. The Kier molecular flexibility index (Phi) is 6.93. The number of rotatable bonds is 8. The lowest BCUT2D eigenvalue weighted by atomic mass is 10.0. The topological polar surface area (TPSA) is 12.5 Å². The van der Waals surface area contributed by atoms with Crippen molar-refractivity contribution < 1.29 is 4.84 Å². The summed E-state index contributed by atoms with van der Waals surface area (Å²) in [6, 6.07) is 8.94. The molecule has 0 aliphatic carbocycles. The Bertz CT molecular complexity index is 354. The Morgan fingerprint density at radius 3 is 2.40 bits per heavy atom. The van der Waals surface area contributed by atoms with Gasteiger partial charge < -0.3 is 0 Å². The van der Waals surface area contributed by atoms with Gasteiger partial charge in [0.15, 0.2) is 0 Å². The molecule has 0 saturated carbocycles. The SMILES string of the molecule is CCCCCCCCc1ccc(N2CCCCO2)cc1. The number of benzene rings is 1. The highest BCUT2D eigenvalue weighted by molar-refractivity contribution is 5.45. The minimum atomic E-state index is 0.861. The number of hydrogen-bond donors (Lipinski definition) is 0. The highest BCUT2D eigenvalue weighted by atomic mass is 16.7. The van der Waals surface area contributed by atoms with Gasteiger partial charge in [-0.05, 0) is 43.4 Å². The van der Waals surface area contributed by atoms with Crippen molar-refractivity contribution in [1.82, 2.24) is 0 Å². The summed E-state index contributed by atoms with van der Waals surface area (Å²) in [5, 5.41) is 2.04. The van der Waals surface area contributed by atoms with Crippen LogP contribution in [0.15, 0.2) is 24.3 Å². The second kappa shape index (κ2) is 9.02. The Labute approximate surface area is 124 Å². The molecule has 0 aromatic heterocycles. The van der Waals surface area contributed by atoms with E-state index < -0.39 is 0 Å². The van der Waals surface area contributed by atoms with Gasteiger partial charge in [0, 0.05) is 6.54 Å². The normalized spacial score (nSPS) is 15.6. The first-order chi connectivity index (χ1) is 9.90. The van der Waals surface area contributed by atoms with Crippen molar-refractivity contribution in [3.05, 3.63) is 29.8 Å². The van der Waals surface area contributed by atoms with Gasteiger partial charge in [-0.1, -0.05) is 51.2 Å². The molecule has 0 amide bonds. The van der Waals surface area contributed by atoms with Crippen LogP contribution in [-0.2, 0) is 11.3 Å². The fourth-order valence-corrected chi connectivity index (χ4v) is 2.74. The molecule has 0 spiro atoms. The van der Waals surface area contributed by atoms with Crippen LogP contribution in [0, 0.1) is 0 Å². The molecule has 0 atom stereocenters. The van der Waals surface area contributed by atoms with E-state index in [0.717, 1.165) is 13.2 Å². The number of nitrogens with zero attached hydrogens (tertiary/aromatic N) is 1. The molecule has 0 radical (unpaired) electrons. The van der Waals surface area contributed by atoms with Crippen molar-refractivity contribution in [3.8, 4) is 0 Å². The predicted octanol–water partition coefficient (Wildman–Crippen LogP) is 5.12. The highest BCUT2D eigenvalue weighted by Gasteiger charge is 2.11. The number of aryl methyl sites for hydroxylation is 1. The summed E-state index contributed by atoms with van der Waals surface area (Å²) in [5.41, 5.74) is 2.66. The zero-order valence-corrected chi connectivity index (χ0v) is 12.9. The predicted molar refractivity (Wildman–Crippen MR) is 86.1 cm³/mol. The zero-order chi connectivity index (χ0) is 14.0. The van der Waals surface area contributed by atoms with Gasteiger partial charge in [0.2, 0.25) is 0 Å². The Morgan fingerprint density at radius 1 is 0.950 bits per heavy atom. The molecule has 0 N–H and O–H groups in total. The number of unbranched alkanes of at least 4 members (excludes halogenated alkanes) is 5. The standard InChI is InChI=1S/C18H29NO/c1-2-3-4-5-6-7-10-17-11-13-18(14-12-17)19-15-8-9-16-20-19/h11-14H,2-10,15-16H2,1H3. The van der Waals surface area contributed by atoms with E-state index in [1.807, 2.05) is 5.06 Å². The van der Waals surface area contributed by atoms with Gasteiger partial charge in [0.1, 0.15) is 0 Å². The van der Waals surface area contributed by atoms with Gasteiger partial charge in [-0.25, -0.2) is 0 Å². The molecule has 1 aliphatic heterocycles. The van der Waals surface area contributed by atoms with Crippen LogP contribution >= 0.6 is 0 Å². The molecule has 112 valence electrons. The van der Waals surface area contributed by atoms with Crippen molar-refractivity contribution >= 4 is 5.69 Å². The maximum atomic E-state index is 5.67. The summed E-state index contributed by atoms with van der Waals surface area (Å²) in [5.74, 6) is 0. The van der Waals surface area contributed by atoms with E-state index in [0.29, 0.717) is 0 Å². The number of hydroxylamine groups is 1. The first-order valence-electron chi connectivity index (χ1n) is 8.39. The Balaban J connectivity index is 1.68. The van der Waals surface area contributed by atoms with Crippen LogP contribution in [0.1, 0.15) is 63.9 Å². The van der Waals surface area contributed by atoms with Crippen LogP contribution in [0.25, 0.3) is 0 Å². The van der Waals surface area contributed by atoms with E-state index in [-0.39, 0.29) is 0 Å². The molecule has 2 nitrogen and oxygen atoms in total. The average molecular weight is 275 g/mol. The van der Waals surface area contributed by atoms with Gasteiger partial charge in [-0.15, -0.1) is 0 Å². The smallest absolute Gasteiger partial charge is 0.0749 e. The number of hydrogen-bond acceptors (Lipinski definition) is 2. The van der Waals surface area contributed by atoms with Gasteiger partial charge in [0.25, 0.3) is 0 Å². The fourth-order valence-electron chi connectivity index (χ4n) is 2.74. The molecular formula is C18H29NO. The van der Waals surface area contributed by atoms with E-state index >= 15 is 0 Å². The molecule has 0 bridgehead atoms. The van der Waals surface area contributed by atoms with Crippen LogP contribution in [0.3, 0.4) is 0 Å². The lowest BCUT2D eigenvalue weighted by Crippen LogP contribution is -2.29. The van der Waals surface area contributed by atoms with E-state index in [1.54, 1.807) is 0 Å². The zero-order valence-electron chi connectivity index (χ0n) is 12.9. The summed E-state index contributed by atoms with van der Waals surface area (Å²) < 4.78 is 0. The molecule has 1 heterocycles. The largest absolute Gasteiger partial charge is 0.273 e. The van der Waals surface area contributed by atoms with Crippen LogP contribution < -0.4 is 5.06 Å². The Hall–Kier alpha value is -1.02. The molecule has 1 saturated heterocycles. The monoisotopic (exact) mass is 275 g/mol. The van der Waals surface area contributed by atoms with Crippen molar-refractivity contribution in [2.24, 2.45) is 0 Å². The van der Waals surface area contributed by atoms with Gasteiger partial charge in [-0.2, -0.15) is 0 Å².